The Bertz CT molecular complexity index is 561. The van der Waals surface area contributed by atoms with Crippen molar-refractivity contribution in [1.82, 2.24) is 5.32 Å². The summed E-state index contributed by atoms with van der Waals surface area (Å²) in [6.07, 6.45) is 2.12. The van der Waals surface area contributed by atoms with Crippen LogP contribution in [0, 0.1) is 0 Å². The lowest BCUT2D eigenvalue weighted by Crippen LogP contribution is -2.28. The Labute approximate surface area is 117 Å². The van der Waals surface area contributed by atoms with Crippen molar-refractivity contribution in [2.45, 2.75) is 25.8 Å². The maximum atomic E-state index is 12.1. The molecular weight excluding hydrogens is 254 g/mol. The fourth-order valence-corrected chi connectivity index (χ4v) is 2.08. The lowest BCUT2D eigenvalue weighted by molar-refractivity contribution is -0.121. The fraction of sp³-hybridized carbons (Fsp3) is 0.250. The van der Waals surface area contributed by atoms with Crippen LogP contribution in [-0.2, 0) is 16.0 Å². The molecule has 1 heterocycles. The highest BCUT2D eigenvalue weighted by atomic mass is 16.3. The lowest BCUT2D eigenvalue weighted by atomic mass is 10.0. The van der Waals surface area contributed by atoms with E-state index in [0.29, 0.717) is 12.2 Å². The van der Waals surface area contributed by atoms with Gasteiger partial charge in [-0.3, -0.25) is 9.59 Å². The largest absolute Gasteiger partial charge is 0.467 e. The van der Waals surface area contributed by atoms with Gasteiger partial charge in [-0.15, -0.1) is 0 Å². The van der Waals surface area contributed by atoms with Crippen LogP contribution in [0.3, 0.4) is 0 Å². The molecule has 0 radical (unpaired) electrons. The van der Waals surface area contributed by atoms with Gasteiger partial charge in [0.1, 0.15) is 11.5 Å². The molecule has 0 saturated heterocycles. The van der Waals surface area contributed by atoms with Gasteiger partial charge < -0.3 is 9.73 Å². The van der Waals surface area contributed by atoms with Crippen molar-refractivity contribution in [3.63, 3.8) is 0 Å². The van der Waals surface area contributed by atoms with Crippen LogP contribution in [0.15, 0.2) is 53.1 Å². The van der Waals surface area contributed by atoms with E-state index in [2.05, 4.69) is 5.32 Å². The molecule has 1 aromatic heterocycles. The van der Waals surface area contributed by atoms with Crippen LogP contribution in [0.25, 0.3) is 0 Å². The summed E-state index contributed by atoms with van der Waals surface area (Å²) in [7, 11) is 0. The van der Waals surface area contributed by atoms with E-state index in [1.165, 1.54) is 13.2 Å². The smallest absolute Gasteiger partial charge is 0.217 e. The second kappa shape index (κ2) is 6.70. The van der Waals surface area contributed by atoms with Crippen LogP contribution in [0.4, 0.5) is 0 Å². The van der Waals surface area contributed by atoms with Crippen LogP contribution in [-0.4, -0.2) is 11.7 Å². The van der Waals surface area contributed by atoms with Gasteiger partial charge in [0.2, 0.25) is 5.91 Å². The standard InChI is InChI=1S/C16H17NO3/c1-12(18)17-15(16-8-5-9-20-16)11-14(19)10-13-6-3-2-4-7-13/h2-9,15H,10-11H2,1H3,(H,17,18)/t15-/m1/s1. The number of ketones is 1. The Hall–Kier alpha value is -2.36. The number of benzene rings is 1. The summed E-state index contributed by atoms with van der Waals surface area (Å²) < 4.78 is 5.28. The third-order valence-electron chi connectivity index (χ3n) is 2.94. The zero-order valence-electron chi connectivity index (χ0n) is 11.3. The maximum Gasteiger partial charge on any atom is 0.217 e. The quantitative estimate of drug-likeness (QED) is 0.878. The molecule has 0 unspecified atom stereocenters. The number of furan rings is 1. The van der Waals surface area contributed by atoms with Crippen molar-refractivity contribution in [2.75, 3.05) is 0 Å². The summed E-state index contributed by atoms with van der Waals surface area (Å²) in [5, 5.41) is 2.75. The van der Waals surface area contributed by atoms with Crippen LogP contribution in [0.5, 0.6) is 0 Å². The van der Waals surface area contributed by atoms with Crippen molar-refractivity contribution in [1.29, 1.82) is 0 Å². The van der Waals surface area contributed by atoms with Gasteiger partial charge in [-0.05, 0) is 17.7 Å². The lowest BCUT2D eigenvalue weighted by Gasteiger charge is -2.14. The second-order valence-corrected chi connectivity index (χ2v) is 4.67. The molecule has 2 aromatic rings. The van der Waals surface area contributed by atoms with E-state index in [0.717, 1.165) is 5.56 Å². The molecule has 1 N–H and O–H groups in total. The Morgan fingerprint density at radius 1 is 1.15 bits per heavy atom. The van der Waals surface area contributed by atoms with E-state index in [9.17, 15) is 9.59 Å². The van der Waals surface area contributed by atoms with E-state index in [4.69, 9.17) is 4.42 Å². The average molecular weight is 271 g/mol. The fourth-order valence-electron chi connectivity index (χ4n) is 2.08. The van der Waals surface area contributed by atoms with E-state index in [-0.39, 0.29) is 18.1 Å². The zero-order chi connectivity index (χ0) is 14.4. The Kier molecular flexibility index (Phi) is 4.71. The summed E-state index contributed by atoms with van der Waals surface area (Å²) >= 11 is 0. The van der Waals surface area contributed by atoms with E-state index in [1.807, 2.05) is 30.3 Å². The molecule has 0 aliphatic heterocycles. The van der Waals surface area contributed by atoms with Crippen molar-refractivity contribution in [3.8, 4) is 0 Å². The molecule has 0 aliphatic carbocycles. The minimum atomic E-state index is -0.404. The SMILES string of the molecule is CC(=O)N[C@H](CC(=O)Cc1ccccc1)c1ccco1. The first kappa shape index (κ1) is 14.1. The minimum Gasteiger partial charge on any atom is -0.467 e. The summed E-state index contributed by atoms with van der Waals surface area (Å²) in [6.45, 7) is 1.43. The molecule has 0 bridgehead atoms. The minimum absolute atomic E-state index is 0.0614. The molecule has 1 amide bonds. The molecule has 0 aliphatic rings. The van der Waals surface area contributed by atoms with Crippen LogP contribution < -0.4 is 5.32 Å². The molecule has 0 spiro atoms. The maximum absolute atomic E-state index is 12.1. The number of rotatable bonds is 6. The first-order valence-corrected chi connectivity index (χ1v) is 6.51. The molecule has 0 fully saturated rings. The van der Waals surface area contributed by atoms with Crippen molar-refractivity contribution in [3.05, 3.63) is 60.1 Å². The van der Waals surface area contributed by atoms with Crippen LogP contribution in [0.1, 0.15) is 30.7 Å². The summed E-state index contributed by atoms with van der Waals surface area (Å²) in [5.74, 6) is 0.479. The van der Waals surface area contributed by atoms with Gasteiger partial charge in [0.05, 0.1) is 12.3 Å². The first-order chi connectivity index (χ1) is 9.65. The Balaban J connectivity index is 2.00. The zero-order valence-corrected chi connectivity index (χ0v) is 11.3. The average Bonchev–Trinajstić information content (AvgIpc) is 2.92. The van der Waals surface area contributed by atoms with Gasteiger partial charge in [0.15, 0.2) is 0 Å². The molecule has 4 heteroatoms. The second-order valence-electron chi connectivity index (χ2n) is 4.67. The van der Waals surface area contributed by atoms with Gasteiger partial charge in [-0.1, -0.05) is 30.3 Å². The van der Waals surface area contributed by atoms with Gasteiger partial charge in [-0.25, -0.2) is 0 Å². The molecule has 2 rings (SSSR count). The summed E-state index contributed by atoms with van der Waals surface area (Å²) in [4.78, 5) is 23.3. The van der Waals surface area contributed by atoms with Gasteiger partial charge in [0, 0.05) is 19.8 Å². The Morgan fingerprint density at radius 3 is 2.50 bits per heavy atom. The number of Topliss-reactive ketones (excluding diaryl/α,β-unsaturated/α-hetero) is 1. The van der Waals surface area contributed by atoms with E-state index in [1.54, 1.807) is 12.1 Å². The highest BCUT2D eigenvalue weighted by Crippen LogP contribution is 2.18. The molecule has 0 saturated carbocycles. The third kappa shape index (κ3) is 4.09. The predicted octanol–water partition coefficient (Wildman–Crippen LogP) is 2.66. The van der Waals surface area contributed by atoms with Crippen LogP contribution in [0.2, 0.25) is 0 Å². The van der Waals surface area contributed by atoms with Crippen molar-refractivity contribution in [2.24, 2.45) is 0 Å². The molecule has 1 atom stereocenters. The molecule has 104 valence electrons. The number of carbonyl (C=O) groups excluding carboxylic acids is 2. The highest BCUT2D eigenvalue weighted by Gasteiger charge is 2.19. The van der Waals surface area contributed by atoms with Crippen molar-refractivity contribution < 1.29 is 14.0 Å². The number of amides is 1. The summed E-state index contributed by atoms with van der Waals surface area (Å²) in [6, 6.07) is 12.6. The first-order valence-electron chi connectivity index (χ1n) is 6.51. The van der Waals surface area contributed by atoms with Crippen molar-refractivity contribution >= 4 is 11.7 Å². The van der Waals surface area contributed by atoms with Gasteiger partial charge in [-0.2, -0.15) is 0 Å². The number of carbonyl (C=O) groups is 2. The molecule has 1 aromatic carbocycles. The molecular formula is C16H17NO3. The van der Waals surface area contributed by atoms with E-state index < -0.39 is 6.04 Å². The van der Waals surface area contributed by atoms with Gasteiger partial charge >= 0.3 is 0 Å². The summed E-state index contributed by atoms with van der Waals surface area (Å²) in [5.41, 5.74) is 0.971. The molecule has 4 nitrogen and oxygen atoms in total. The molecule has 20 heavy (non-hydrogen) atoms. The number of hydrogen-bond donors (Lipinski definition) is 1. The van der Waals surface area contributed by atoms with Crippen LogP contribution >= 0.6 is 0 Å². The van der Waals surface area contributed by atoms with E-state index >= 15 is 0 Å². The predicted molar refractivity (Wildman–Crippen MR) is 75.0 cm³/mol. The van der Waals surface area contributed by atoms with Gasteiger partial charge in [0.25, 0.3) is 0 Å². The Morgan fingerprint density at radius 2 is 1.90 bits per heavy atom. The normalized spacial score (nSPS) is 11.8. The topological polar surface area (TPSA) is 59.3 Å². The highest BCUT2D eigenvalue weighted by molar-refractivity contribution is 5.82. The number of nitrogens with one attached hydrogen (secondary N) is 1. The monoisotopic (exact) mass is 271 g/mol. The third-order valence-corrected chi connectivity index (χ3v) is 2.94. The number of hydrogen-bond acceptors (Lipinski definition) is 3.